The summed E-state index contributed by atoms with van der Waals surface area (Å²) in [6.07, 6.45) is 1.63. The lowest BCUT2D eigenvalue weighted by Crippen LogP contribution is -2.27. The van der Waals surface area contributed by atoms with Crippen molar-refractivity contribution in [2.45, 2.75) is 26.7 Å². The first-order valence-corrected chi connectivity index (χ1v) is 9.70. The first-order valence-electron chi connectivity index (χ1n) is 9.70. The summed E-state index contributed by atoms with van der Waals surface area (Å²) >= 11 is 0. The number of methoxy groups -OCH3 is 1. The number of rotatable bonds is 8. The van der Waals surface area contributed by atoms with E-state index in [-0.39, 0.29) is 5.91 Å². The number of anilines is 2. The molecule has 0 atom stereocenters. The Morgan fingerprint density at radius 2 is 1.83 bits per heavy atom. The molecule has 0 unspecified atom stereocenters. The number of aromatic nitrogens is 2. The molecule has 1 aromatic heterocycles. The Labute approximate surface area is 171 Å². The molecular weight excluding hydrogens is 364 g/mol. The smallest absolute Gasteiger partial charge is 0.270 e. The fourth-order valence-corrected chi connectivity index (χ4v) is 3.01. The van der Waals surface area contributed by atoms with E-state index in [1.54, 1.807) is 13.2 Å². The van der Waals surface area contributed by atoms with Crippen molar-refractivity contribution in [1.29, 1.82) is 0 Å². The summed E-state index contributed by atoms with van der Waals surface area (Å²) < 4.78 is 5.16. The van der Waals surface area contributed by atoms with Gasteiger partial charge in [0.1, 0.15) is 11.4 Å². The zero-order valence-electron chi connectivity index (χ0n) is 17.0. The minimum absolute atomic E-state index is 0.212. The third-order valence-electron chi connectivity index (χ3n) is 4.59. The van der Waals surface area contributed by atoms with E-state index in [0.29, 0.717) is 18.2 Å². The van der Waals surface area contributed by atoms with E-state index < -0.39 is 0 Å². The van der Waals surface area contributed by atoms with Gasteiger partial charge in [0.2, 0.25) is 5.95 Å². The molecule has 0 aliphatic carbocycles. The number of amides is 1. The van der Waals surface area contributed by atoms with Crippen LogP contribution in [0.4, 0.5) is 11.6 Å². The van der Waals surface area contributed by atoms with Crippen molar-refractivity contribution in [2.24, 2.45) is 0 Å². The maximum Gasteiger partial charge on any atom is 0.270 e. The van der Waals surface area contributed by atoms with Crippen LogP contribution in [0.5, 0.6) is 5.75 Å². The summed E-state index contributed by atoms with van der Waals surface area (Å²) in [7, 11) is 1.64. The largest absolute Gasteiger partial charge is 0.497 e. The van der Waals surface area contributed by atoms with Crippen LogP contribution >= 0.6 is 0 Å². The van der Waals surface area contributed by atoms with Gasteiger partial charge in [-0.1, -0.05) is 37.3 Å². The van der Waals surface area contributed by atoms with Gasteiger partial charge in [-0.3, -0.25) is 4.79 Å². The number of ether oxygens (including phenoxy) is 1. The maximum absolute atomic E-state index is 12.6. The van der Waals surface area contributed by atoms with Crippen LogP contribution in [-0.2, 0) is 12.8 Å². The lowest BCUT2D eigenvalue weighted by atomic mass is 10.1. The molecule has 0 radical (unpaired) electrons. The maximum atomic E-state index is 12.6. The molecule has 0 aliphatic rings. The van der Waals surface area contributed by atoms with Gasteiger partial charge >= 0.3 is 0 Å². The predicted molar refractivity (Wildman–Crippen MR) is 115 cm³/mol. The van der Waals surface area contributed by atoms with E-state index >= 15 is 0 Å². The van der Waals surface area contributed by atoms with Gasteiger partial charge in [-0.15, -0.1) is 0 Å². The number of carbonyl (C=O) groups excluding carboxylic acids is 1. The average Bonchev–Trinajstić information content (AvgIpc) is 2.74. The van der Waals surface area contributed by atoms with Gasteiger partial charge in [0.25, 0.3) is 5.91 Å². The lowest BCUT2D eigenvalue weighted by Gasteiger charge is -2.11. The zero-order chi connectivity index (χ0) is 20.6. The summed E-state index contributed by atoms with van der Waals surface area (Å²) in [5.41, 5.74) is 4.33. The molecule has 1 amide bonds. The number of carbonyl (C=O) groups is 1. The van der Waals surface area contributed by atoms with E-state index in [2.05, 4.69) is 33.6 Å². The van der Waals surface area contributed by atoms with Crippen molar-refractivity contribution >= 4 is 17.5 Å². The molecule has 150 valence electrons. The van der Waals surface area contributed by atoms with E-state index in [0.717, 1.165) is 35.5 Å². The first kappa shape index (κ1) is 20.3. The number of hydrogen-bond donors (Lipinski definition) is 2. The molecule has 2 aromatic carbocycles. The van der Waals surface area contributed by atoms with Gasteiger partial charge in [0, 0.05) is 17.9 Å². The Bertz CT molecular complexity index is 971. The number of para-hydroxylation sites is 1. The lowest BCUT2D eigenvalue weighted by molar-refractivity contribution is 0.0949. The number of nitrogens with one attached hydrogen (secondary N) is 2. The Balaban J connectivity index is 1.64. The highest BCUT2D eigenvalue weighted by Gasteiger charge is 2.11. The second kappa shape index (κ2) is 9.68. The Morgan fingerprint density at radius 1 is 1.07 bits per heavy atom. The van der Waals surface area contributed by atoms with Crippen molar-refractivity contribution in [2.75, 3.05) is 19.0 Å². The molecule has 3 aromatic rings. The summed E-state index contributed by atoms with van der Waals surface area (Å²) in [6, 6.07) is 17.5. The van der Waals surface area contributed by atoms with E-state index in [9.17, 15) is 4.79 Å². The molecular formula is C23H26N4O2. The molecule has 0 aliphatic heterocycles. The minimum Gasteiger partial charge on any atom is -0.497 e. The molecule has 0 saturated carbocycles. The molecule has 0 fully saturated rings. The Hall–Kier alpha value is -3.41. The van der Waals surface area contributed by atoms with Gasteiger partial charge < -0.3 is 15.4 Å². The summed E-state index contributed by atoms with van der Waals surface area (Å²) in [4.78, 5) is 21.4. The van der Waals surface area contributed by atoms with Crippen molar-refractivity contribution < 1.29 is 9.53 Å². The quantitative estimate of drug-likeness (QED) is 0.606. The van der Waals surface area contributed by atoms with Crippen LogP contribution < -0.4 is 15.4 Å². The monoisotopic (exact) mass is 390 g/mol. The highest BCUT2D eigenvalue weighted by atomic mass is 16.5. The van der Waals surface area contributed by atoms with Crippen molar-refractivity contribution in [3.63, 3.8) is 0 Å². The summed E-state index contributed by atoms with van der Waals surface area (Å²) in [5, 5.41) is 6.17. The third-order valence-corrected chi connectivity index (χ3v) is 4.59. The standard InChI is InChI=1S/C23H26N4O2/c1-4-18-7-5-6-8-20(18)26-23-25-16(2)15-21(27-23)22(28)24-14-13-17-9-11-19(29-3)12-10-17/h5-12,15H,4,13-14H2,1-3H3,(H,24,28)(H,25,26,27). The van der Waals surface area contributed by atoms with E-state index in [4.69, 9.17) is 4.74 Å². The number of hydrogen-bond acceptors (Lipinski definition) is 5. The van der Waals surface area contributed by atoms with Crippen LogP contribution in [0.1, 0.15) is 34.2 Å². The molecule has 29 heavy (non-hydrogen) atoms. The summed E-state index contributed by atoms with van der Waals surface area (Å²) in [6.45, 7) is 4.47. The Kier molecular flexibility index (Phi) is 6.79. The van der Waals surface area contributed by atoms with Crippen molar-refractivity contribution in [3.8, 4) is 5.75 Å². The van der Waals surface area contributed by atoms with Gasteiger partial charge in [0.05, 0.1) is 7.11 Å². The fourth-order valence-electron chi connectivity index (χ4n) is 3.01. The highest BCUT2D eigenvalue weighted by Crippen LogP contribution is 2.19. The Morgan fingerprint density at radius 3 is 2.55 bits per heavy atom. The first-order chi connectivity index (χ1) is 14.1. The van der Waals surface area contributed by atoms with Crippen LogP contribution in [0, 0.1) is 6.92 Å². The highest BCUT2D eigenvalue weighted by molar-refractivity contribution is 5.92. The second-order valence-electron chi connectivity index (χ2n) is 6.71. The van der Waals surface area contributed by atoms with E-state index in [1.165, 1.54) is 5.56 Å². The van der Waals surface area contributed by atoms with Crippen LogP contribution in [0.3, 0.4) is 0 Å². The van der Waals surface area contributed by atoms with Gasteiger partial charge in [-0.05, 0) is 55.2 Å². The van der Waals surface area contributed by atoms with Gasteiger partial charge in [-0.2, -0.15) is 0 Å². The molecule has 2 N–H and O–H groups in total. The second-order valence-corrected chi connectivity index (χ2v) is 6.71. The van der Waals surface area contributed by atoms with Crippen LogP contribution in [0.2, 0.25) is 0 Å². The number of aryl methyl sites for hydroxylation is 2. The zero-order valence-corrected chi connectivity index (χ0v) is 17.0. The molecule has 6 heteroatoms. The molecule has 0 spiro atoms. The molecule has 1 heterocycles. The van der Waals surface area contributed by atoms with Crippen LogP contribution in [0.15, 0.2) is 54.6 Å². The van der Waals surface area contributed by atoms with Crippen LogP contribution in [-0.4, -0.2) is 29.5 Å². The van der Waals surface area contributed by atoms with E-state index in [1.807, 2.05) is 49.4 Å². The SMILES string of the molecule is CCc1ccccc1Nc1nc(C)cc(C(=O)NCCc2ccc(OC)cc2)n1. The third kappa shape index (κ3) is 5.54. The van der Waals surface area contributed by atoms with Crippen LogP contribution in [0.25, 0.3) is 0 Å². The molecule has 0 bridgehead atoms. The normalized spacial score (nSPS) is 10.4. The minimum atomic E-state index is -0.212. The molecule has 3 rings (SSSR count). The van der Waals surface area contributed by atoms with Crippen molar-refractivity contribution in [1.82, 2.24) is 15.3 Å². The van der Waals surface area contributed by atoms with Gasteiger partial charge in [-0.25, -0.2) is 9.97 Å². The molecule has 0 saturated heterocycles. The van der Waals surface area contributed by atoms with Gasteiger partial charge in [0.15, 0.2) is 0 Å². The molecule has 6 nitrogen and oxygen atoms in total. The van der Waals surface area contributed by atoms with Crippen molar-refractivity contribution in [3.05, 3.63) is 77.1 Å². The number of benzene rings is 2. The topological polar surface area (TPSA) is 76.1 Å². The fraction of sp³-hybridized carbons (Fsp3) is 0.261. The summed E-state index contributed by atoms with van der Waals surface area (Å²) in [5.74, 6) is 1.03. The average molecular weight is 390 g/mol. The number of nitrogens with zero attached hydrogens (tertiary/aromatic N) is 2. The predicted octanol–water partition coefficient (Wildman–Crippen LogP) is 4.07.